The lowest BCUT2D eigenvalue weighted by atomic mass is 10.1. The van der Waals surface area contributed by atoms with Crippen LogP contribution < -0.4 is 10.2 Å². The lowest BCUT2D eigenvalue weighted by Crippen LogP contribution is -2.27. The number of aromatic nitrogens is 2. The Morgan fingerprint density at radius 1 is 1.38 bits per heavy atom. The maximum Gasteiger partial charge on any atom is 0.133 e. The lowest BCUT2D eigenvalue weighted by Gasteiger charge is -2.22. The molecule has 0 amide bonds. The Morgan fingerprint density at radius 3 is 2.62 bits per heavy atom. The second-order valence-electron chi connectivity index (χ2n) is 4.78. The molecule has 0 unspecified atom stereocenters. The van der Waals surface area contributed by atoms with Gasteiger partial charge >= 0.3 is 0 Å². The summed E-state index contributed by atoms with van der Waals surface area (Å²) in [7, 11) is 1.89. The first-order valence-electron chi connectivity index (χ1n) is 5.34. The molecule has 1 rings (SSSR count). The summed E-state index contributed by atoms with van der Waals surface area (Å²) in [5, 5.41) is 12.1. The van der Waals surface area contributed by atoms with Gasteiger partial charge in [-0.15, -0.1) is 0 Å². The standard InChI is InChI=1S/C11H20N4O/c1-11(2,3)14-9-7-10(13-8-12-9)15(4)5-6-16/h7-8,16H,5-6H2,1-4H3,(H,12,13,14). The third kappa shape index (κ3) is 4.02. The maximum atomic E-state index is 8.85. The van der Waals surface area contributed by atoms with Gasteiger partial charge in [-0.2, -0.15) is 0 Å². The Labute approximate surface area is 96.5 Å². The van der Waals surface area contributed by atoms with Crippen molar-refractivity contribution in [1.82, 2.24) is 9.97 Å². The molecule has 5 heteroatoms. The summed E-state index contributed by atoms with van der Waals surface area (Å²) in [6.45, 7) is 6.90. The van der Waals surface area contributed by atoms with Gasteiger partial charge in [0.1, 0.15) is 18.0 Å². The zero-order valence-corrected chi connectivity index (χ0v) is 10.4. The van der Waals surface area contributed by atoms with Crippen LogP contribution in [0.15, 0.2) is 12.4 Å². The van der Waals surface area contributed by atoms with Crippen LogP contribution in [0, 0.1) is 0 Å². The molecule has 16 heavy (non-hydrogen) atoms. The molecule has 0 aliphatic rings. The van der Waals surface area contributed by atoms with Gasteiger partial charge in [0.05, 0.1) is 6.61 Å². The molecule has 0 radical (unpaired) electrons. The Kier molecular flexibility index (Phi) is 4.06. The van der Waals surface area contributed by atoms with Gasteiger partial charge in [-0.1, -0.05) is 0 Å². The van der Waals surface area contributed by atoms with Gasteiger partial charge in [0.25, 0.3) is 0 Å². The molecule has 1 aromatic heterocycles. The van der Waals surface area contributed by atoms with Gasteiger partial charge < -0.3 is 15.3 Å². The van der Waals surface area contributed by atoms with Crippen molar-refractivity contribution >= 4 is 11.6 Å². The van der Waals surface area contributed by atoms with Gasteiger partial charge in [0, 0.05) is 25.2 Å². The first-order chi connectivity index (χ1) is 7.42. The summed E-state index contributed by atoms with van der Waals surface area (Å²) in [5.74, 6) is 1.60. The van der Waals surface area contributed by atoms with E-state index in [1.807, 2.05) is 18.0 Å². The number of aliphatic hydroxyl groups excluding tert-OH is 1. The predicted octanol–water partition coefficient (Wildman–Crippen LogP) is 1.12. The van der Waals surface area contributed by atoms with E-state index in [9.17, 15) is 0 Å². The van der Waals surface area contributed by atoms with Crippen molar-refractivity contribution in [2.75, 3.05) is 30.4 Å². The van der Waals surface area contributed by atoms with Gasteiger partial charge in [-0.3, -0.25) is 0 Å². The number of nitrogens with zero attached hydrogens (tertiary/aromatic N) is 3. The van der Waals surface area contributed by atoms with E-state index in [4.69, 9.17) is 5.11 Å². The summed E-state index contributed by atoms with van der Waals surface area (Å²) in [6, 6.07) is 1.88. The third-order valence-electron chi connectivity index (χ3n) is 1.98. The molecule has 2 N–H and O–H groups in total. The quantitative estimate of drug-likeness (QED) is 0.802. The van der Waals surface area contributed by atoms with Crippen LogP contribution in [0.3, 0.4) is 0 Å². The average Bonchev–Trinajstić information content (AvgIpc) is 2.16. The molecule has 0 aromatic carbocycles. The summed E-state index contributed by atoms with van der Waals surface area (Å²) < 4.78 is 0. The minimum atomic E-state index is -0.0266. The normalized spacial score (nSPS) is 11.3. The largest absolute Gasteiger partial charge is 0.395 e. The van der Waals surface area contributed by atoms with Crippen molar-refractivity contribution in [2.24, 2.45) is 0 Å². The van der Waals surface area contributed by atoms with E-state index >= 15 is 0 Å². The minimum absolute atomic E-state index is 0.0266. The first kappa shape index (κ1) is 12.7. The molecule has 0 aliphatic carbocycles. The molecule has 5 nitrogen and oxygen atoms in total. The molecule has 0 fully saturated rings. The molecule has 0 atom stereocenters. The lowest BCUT2D eigenvalue weighted by molar-refractivity contribution is 0.304. The smallest absolute Gasteiger partial charge is 0.133 e. The van der Waals surface area contributed by atoms with Crippen molar-refractivity contribution in [3.63, 3.8) is 0 Å². The van der Waals surface area contributed by atoms with Crippen LogP contribution in [0.2, 0.25) is 0 Å². The predicted molar refractivity (Wildman–Crippen MR) is 65.8 cm³/mol. The fraction of sp³-hybridized carbons (Fsp3) is 0.636. The van der Waals surface area contributed by atoms with Gasteiger partial charge in [-0.25, -0.2) is 9.97 Å². The second kappa shape index (κ2) is 5.12. The first-order valence-corrected chi connectivity index (χ1v) is 5.34. The van der Waals surface area contributed by atoms with Gasteiger partial charge in [-0.05, 0) is 20.8 Å². The van der Waals surface area contributed by atoms with E-state index in [0.717, 1.165) is 11.6 Å². The van der Waals surface area contributed by atoms with Crippen LogP contribution in [0.5, 0.6) is 0 Å². The second-order valence-corrected chi connectivity index (χ2v) is 4.78. The molecular weight excluding hydrogens is 204 g/mol. The van der Waals surface area contributed by atoms with E-state index < -0.39 is 0 Å². The molecule has 90 valence electrons. The summed E-state index contributed by atoms with van der Waals surface area (Å²) in [6.07, 6.45) is 1.53. The van der Waals surface area contributed by atoms with Crippen LogP contribution >= 0.6 is 0 Å². The molecule has 1 aromatic rings. The Balaban J connectivity index is 2.78. The van der Waals surface area contributed by atoms with Crippen LogP contribution in [0.1, 0.15) is 20.8 Å². The van der Waals surface area contributed by atoms with Gasteiger partial charge in [0.2, 0.25) is 0 Å². The minimum Gasteiger partial charge on any atom is -0.395 e. The van der Waals surface area contributed by atoms with Crippen LogP contribution in [0.4, 0.5) is 11.6 Å². The fourth-order valence-corrected chi connectivity index (χ4v) is 1.27. The van der Waals surface area contributed by atoms with Crippen LogP contribution in [-0.2, 0) is 0 Å². The number of anilines is 2. The molecule has 0 aliphatic heterocycles. The highest BCUT2D eigenvalue weighted by Gasteiger charge is 2.11. The number of hydrogen-bond acceptors (Lipinski definition) is 5. The zero-order chi connectivity index (χ0) is 12.2. The summed E-state index contributed by atoms with van der Waals surface area (Å²) in [5.41, 5.74) is -0.0266. The number of aliphatic hydroxyl groups is 1. The van der Waals surface area contributed by atoms with Crippen molar-refractivity contribution in [1.29, 1.82) is 0 Å². The summed E-state index contributed by atoms with van der Waals surface area (Å²) >= 11 is 0. The highest BCUT2D eigenvalue weighted by Crippen LogP contribution is 2.16. The van der Waals surface area contributed by atoms with E-state index in [1.165, 1.54) is 6.33 Å². The number of hydrogen-bond donors (Lipinski definition) is 2. The van der Waals surface area contributed by atoms with Crippen molar-refractivity contribution in [3.05, 3.63) is 12.4 Å². The fourth-order valence-electron chi connectivity index (χ4n) is 1.27. The van der Waals surface area contributed by atoms with Crippen molar-refractivity contribution in [2.45, 2.75) is 26.3 Å². The zero-order valence-electron chi connectivity index (χ0n) is 10.4. The SMILES string of the molecule is CN(CCO)c1cc(NC(C)(C)C)ncn1. The van der Waals surface area contributed by atoms with Crippen LogP contribution in [-0.4, -0.2) is 40.8 Å². The molecule has 0 saturated heterocycles. The third-order valence-corrected chi connectivity index (χ3v) is 1.98. The summed E-state index contributed by atoms with van der Waals surface area (Å²) in [4.78, 5) is 10.2. The molecular formula is C11H20N4O. The van der Waals surface area contributed by atoms with Gasteiger partial charge in [0.15, 0.2) is 0 Å². The van der Waals surface area contributed by atoms with E-state index in [-0.39, 0.29) is 12.1 Å². The Bertz CT molecular complexity index is 335. The molecule has 0 bridgehead atoms. The maximum absolute atomic E-state index is 8.85. The molecule has 0 saturated carbocycles. The molecule has 0 spiro atoms. The molecule has 1 heterocycles. The van der Waals surface area contributed by atoms with E-state index in [1.54, 1.807) is 0 Å². The Hall–Kier alpha value is -1.36. The monoisotopic (exact) mass is 224 g/mol. The number of rotatable bonds is 4. The Morgan fingerprint density at radius 2 is 2.06 bits per heavy atom. The highest BCUT2D eigenvalue weighted by molar-refractivity contribution is 5.48. The number of likely N-dealkylation sites (N-methyl/N-ethyl adjacent to an activating group) is 1. The van der Waals surface area contributed by atoms with Crippen molar-refractivity contribution < 1.29 is 5.11 Å². The average molecular weight is 224 g/mol. The van der Waals surface area contributed by atoms with Crippen LogP contribution in [0.25, 0.3) is 0 Å². The highest BCUT2D eigenvalue weighted by atomic mass is 16.3. The number of nitrogens with one attached hydrogen (secondary N) is 1. The van der Waals surface area contributed by atoms with E-state index in [2.05, 4.69) is 36.1 Å². The van der Waals surface area contributed by atoms with Crippen molar-refractivity contribution in [3.8, 4) is 0 Å². The topological polar surface area (TPSA) is 61.3 Å². The van der Waals surface area contributed by atoms with E-state index in [0.29, 0.717) is 6.54 Å².